The lowest BCUT2D eigenvalue weighted by Crippen LogP contribution is -2.48. The third-order valence-electron chi connectivity index (χ3n) is 5.70. The number of hydrogen-bond acceptors (Lipinski definition) is 4. The average Bonchev–Trinajstić information content (AvgIpc) is 3.12. The van der Waals surface area contributed by atoms with Crippen LogP contribution < -0.4 is 10.9 Å². The van der Waals surface area contributed by atoms with Crippen LogP contribution in [0.5, 0.6) is 0 Å². The van der Waals surface area contributed by atoms with Gasteiger partial charge >= 0.3 is 0 Å². The van der Waals surface area contributed by atoms with Crippen molar-refractivity contribution in [1.82, 2.24) is 20.7 Å². The first-order valence-corrected chi connectivity index (χ1v) is 9.81. The quantitative estimate of drug-likeness (QED) is 0.868. The van der Waals surface area contributed by atoms with Gasteiger partial charge in [-0.05, 0) is 18.1 Å². The highest BCUT2D eigenvalue weighted by atomic mass is 15.4. The van der Waals surface area contributed by atoms with Crippen LogP contribution in [-0.2, 0) is 6.54 Å². The summed E-state index contributed by atoms with van der Waals surface area (Å²) in [6.07, 6.45) is 0. The van der Waals surface area contributed by atoms with E-state index in [4.69, 9.17) is 0 Å². The molecular weight excluding hydrogens is 320 g/mol. The van der Waals surface area contributed by atoms with Gasteiger partial charge in [-0.3, -0.25) is 10.3 Å². The molecule has 2 unspecified atom stereocenters. The molecule has 0 aliphatic carbocycles. The third-order valence-corrected chi connectivity index (χ3v) is 5.70. The Morgan fingerprint density at radius 2 is 1.69 bits per heavy atom. The number of aryl methyl sites for hydroxylation is 1. The summed E-state index contributed by atoms with van der Waals surface area (Å²) in [5.74, 6) is 0.626. The first-order chi connectivity index (χ1) is 12.8. The molecule has 0 bridgehead atoms. The molecule has 2 N–H and O–H groups in total. The summed E-state index contributed by atoms with van der Waals surface area (Å²) in [4.78, 5) is 5.23. The van der Waals surface area contributed by atoms with Gasteiger partial charge in [-0.15, -0.1) is 0 Å². The Bertz CT molecular complexity index is 694. The van der Waals surface area contributed by atoms with Crippen LogP contribution in [0.25, 0.3) is 0 Å². The average molecular weight is 351 g/mol. The second-order valence-corrected chi connectivity index (χ2v) is 7.74. The SMILES string of the molecule is Cc1cccc(CN2CCN(CC3CNNC3c3ccccc3)CC2)c1. The predicted octanol–water partition coefficient (Wildman–Crippen LogP) is 2.58. The van der Waals surface area contributed by atoms with Crippen molar-refractivity contribution >= 4 is 0 Å². The summed E-state index contributed by atoms with van der Waals surface area (Å²) in [5, 5.41) is 0. The molecule has 2 aromatic rings. The minimum atomic E-state index is 0.418. The molecule has 4 rings (SSSR count). The van der Waals surface area contributed by atoms with E-state index >= 15 is 0 Å². The monoisotopic (exact) mass is 350 g/mol. The normalized spacial score (nSPS) is 24.8. The zero-order chi connectivity index (χ0) is 17.8. The third kappa shape index (κ3) is 4.33. The lowest BCUT2D eigenvalue weighted by Gasteiger charge is -2.36. The van der Waals surface area contributed by atoms with Crippen LogP contribution in [0.1, 0.15) is 22.7 Å². The largest absolute Gasteiger partial charge is 0.300 e. The fraction of sp³-hybridized carbons (Fsp3) is 0.455. The molecule has 2 aromatic carbocycles. The van der Waals surface area contributed by atoms with Crippen LogP contribution in [0.2, 0.25) is 0 Å². The van der Waals surface area contributed by atoms with E-state index in [1.807, 2.05) is 0 Å². The summed E-state index contributed by atoms with van der Waals surface area (Å²) in [5.41, 5.74) is 11.0. The molecule has 0 saturated carbocycles. The molecular formula is C22H30N4. The first kappa shape index (κ1) is 17.7. The van der Waals surface area contributed by atoms with Gasteiger partial charge in [-0.1, -0.05) is 60.2 Å². The highest BCUT2D eigenvalue weighted by molar-refractivity contribution is 5.22. The molecule has 2 heterocycles. The van der Waals surface area contributed by atoms with E-state index in [1.165, 1.54) is 29.8 Å². The molecule has 0 spiro atoms. The summed E-state index contributed by atoms with van der Waals surface area (Å²) in [7, 11) is 0. The molecule has 0 radical (unpaired) electrons. The molecule has 2 saturated heterocycles. The van der Waals surface area contributed by atoms with Crippen molar-refractivity contribution in [2.75, 3.05) is 39.3 Å². The van der Waals surface area contributed by atoms with Crippen molar-refractivity contribution < 1.29 is 0 Å². The highest BCUT2D eigenvalue weighted by Gasteiger charge is 2.30. The Kier molecular flexibility index (Phi) is 5.65. The van der Waals surface area contributed by atoms with Crippen molar-refractivity contribution in [3.63, 3.8) is 0 Å². The molecule has 2 atom stereocenters. The van der Waals surface area contributed by atoms with Crippen molar-refractivity contribution in [1.29, 1.82) is 0 Å². The molecule has 2 aliphatic rings. The maximum atomic E-state index is 3.47. The van der Waals surface area contributed by atoms with Crippen molar-refractivity contribution in [2.24, 2.45) is 5.92 Å². The number of hydrogen-bond donors (Lipinski definition) is 2. The second-order valence-electron chi connectivity index (χ2n) is 7.74. The Hall–Kier alpha value is -1.72. The maximum absolute atomic E-state index is 3.47. The Morgan fingerprint density at radius 1 is 0.923 bits per heavy atom. The molecule has 4 heteroatoms. The Morgan fingerprint density at radius 3 is 2.46 bits per heavy atom. The van der Waals surface area contributed by atoms with Gasteiger partial charge in [-0.2, -0.15) is 0 Å². The zero-order valence-electron chi connectivity index (χ0n) is 15.7. The van der Waals surface area contributed by atoms with E-state index < -0.39 is 0 Å². The molecule has 26 heavy (non-hydrogen) atoms. The summed E-state index contributed by atoms with van der Waals surface area (Å²) in [6.45, 7) is 10.1. The molecule has 0 amide bonds. The molecule has 2 aliphatic heterocycles. The predicted molar refractivity (Wildman–Crippen MR) is 107 cm³/mol. The summed E-state index contributed by atoms with van der Waals surface area (Å²) in [6, 6.07) is 20.2. The fourth-order valence-electron chi connectivity index (χ4n) is 4.25. The van der Waals surface area contributed by atoms with E-state index in [-0.39, 0.29) is 0 Å². The fourth-order valence-corrected chi connectivity index (χ4v) is 4.25. The highest BCUT2D eigenvalue weighted by Crippen LogP contribution is 2.25. The Balaban J connectivity index is 1.28. The Labute approximate surface area is 157 Å². The number of piperazine rings is 1. The van der Waals surface area contributed by atoms with Crippen LogP contribution in [0, 0.1) is 12.8 Å². The van der Waals surface area contributed by atoms with Crippen molar-refractivity contribution in [3.8, 4) is 0 Å². The van der Waals surface area contributed by atoms with E-state index in [0.29, 0.717) is 12.0 Å². The van der Waals surface area contributed by atoms with Gasteiger partial charge in [0.15, 0.2) is 0 Å². The topological polar surface area (TPSA) is 30.5 Å². The minimum Gasteiger partial charge on any atom is -0.300 e. The van der Waals surface area contributed by atoms with Crippen molar-refractivity contribution in [2.45, 2.75) is 19.5 Å². The van der Waals surface area contributed by atoms with E-state index in [2.05, 4.69) is 82.2 Å². The number of nitrogens with one attached hydrogen (secondary N) is 2. The van der Waals surface area contributed by atoms with Crippen LogP contribution in [0.15, 0.2) is 54.6 Å². The zero-order valence-corrected chi connectivity index (χ0v) is 15.7. The maximum Gasteiger partial charge on any atom is 0.0515 e. The lowest BCUT2D eigenvalue weighted by atomic mass is 9.94. The number of rotatable bonds is 5. The van der Waals surface area contributed by atoms with Gasteiger partial charge in [0.1, 0.15) is 0 Å². The first-order valence-electron chi connectivity index (χ1n) is 9.81. The van der Waals surface area contributed by atoms with Crippen LogP contribution in [-0.4, -0.2) is 49.1 Å². The smallest absolute Gasteiger partial charge is 0.0515 e. The van der Waals surface area contributed by atoms with Gasteiger partial charge in [0.05, 0.1) is 6.04 Å². The van der Waals surface area contributed by atoms with E-state index in [1.54, 1.807) is 0 Å². The van der Waals surface area contributed by atoms with Gasteiger partial charge in [-0.25, -0.2) is 5.43 Å². The van der Waals surface area contributed by atoms with E-state index in [9.17, 15) is 0 Å². The molecule has 4 nitrogen and oxygen atoms in total. The van der Waals surface area contributed by atoms with Gasteiger partial charge in [0.25, 0.3) is 0 Å². The number of benzene rings is 2. The van der Waals surface area contributed by atoms with Crippen LogP contribution >= 0.6 is 0 Å². The summed E-state index contributed by atoms with van der Waals surface area (Å²) < 4.78 is 0. The van der Waals surface area contributed by atoms with Crippen LogP contribution in [0.4, 0.5) is 0 Å². The molecule has 2 fully saturated rings. The van der Waals surface area contributed by atoms with Gasteiger partial charge in [0, 0.05) is 51.7 Å². The molecule has 0 aromatic heterocycles. The number of nitrogens with zero attached hydrogens (tertiary/aromatic N) is 2. The van der Waals surface area contributed by atoms with Crippen LogP contribution in [0.3, 0.4) is 0 Å². The lowest BCUT2D eigenvalue weighted by molar-refractivity contribution is 0.112. The van der Waals surface area contributed by atoms with E-state index in [0.717, 1.165) is 32.7 Å². The van der Waals surface area contributed by atoms with Gasteiger partial charge in [0.2, 0.25) is 0 Å². The second kappa shape index (κ2) is 8.31. The number of hydrazine groups is 1. The standard InChI is InChI=1S/C22H30N4/c1-18-6-5-7-19(14-18)16-25-10-12-26(13-11-25)17-21-15-23-24-22(21)20-8-3-2-4-9-20/h2-9,14,21-24H,10-13,15-17H2,1H3. The van der Waals surface area contributed by atoms with Crippen molar-refractivity contribution in [3.05, 3.63) is 71.3 Å². The van der Waals surface area contributed by atoms with Gasteiger partial charge < -0.3 is 4.90 Å². The minimum absolute atomic E-state index is 0.418. The molecule has 138 valence electrons. The summed E-state index contributed by atoms with van der Waals surface area (Å²) >= 11 is 0.